The average Bonchev–Trinajstić information content (AvgIpc) is 1.57. The molecule has 2 aliphatic rings. The molecule has 126 heavy (non-hydrogen) atoms. The predicted molar refractivity (Wildman–Crippen MR) is 464 cm³/mol. The molecule has 0 bridgehead atoms. The van der Waals surface area contributed by atoms with Crippen molar-refractivity contribution in [2.45, 2.75) is 218 Å². The summed E-state index contributed by atoms with van der Waals surface area (Å²) < 4.78 is 57.9. The van der Waals surface area contributed by atoms with Gasteiger partial charge >= 0.3 is 35.9 Å². The molecule has 0 spiro atoms. The number of ether oxygens (including phenoxy) is 4. The second kappa shape index (κ2) is 53.1. The van der Waals surface area contributed by atoms with Gasteiger partial charge in [0.05, 0.1) is 60.5 Å². The van der Waals surface area contributed by atoms with E-state index < -0.39 is 212 Å². The molecule has 5 amide bonds. The topological polar surface area (TPSA) is 519 Å². The molecule has 0 fully saturated rings. The first kappa shape index (κ1) is 105. The number of allylic oxidation sites excluding steroid dienone is 8. The van der Waals surface area contributed by atoms with Crippen LogP contribution in [0.3, 0.4) is 0 Å². The highest BCUT2D eigenvalue weighted by molar-refractivity contribution is 7.85. The van der Waals surface area contributed by atoms with Crippen molar-refractivity contribution in [3.63, 3.8) is 0 Å². The molecule has 3 aromatic rings. The van der Waals surface area contributed by atoms with Gasteiger partial charge in [0.15, 0.2) is 23.1 Å². The number of nitrogens with one attached hydrogen (secondary N) is 5. The van der Waals surface area contributed by atoms with E-state index in [4.69, 9.17) is 23.8 Å². The third kappa shape index (κ3) is 35.5. The fourth-order valence-corrected chi connectivity index (χ4v) is 15.2. The number of hydrogen-bond acceptors (Lipinski definition) is 23. The number of Topliss-reactive ketones (excluding diaryl/α,β-unsaturated/α-hetero) is 4. The highest BCUT2D eigenvalue weighted by Gasteiger charge is 2.45. The van der Waals surface area contributed by atoms with Crippen molar-refractivity contribution in [2.75, 3.05) is 84.4 Å². The molecule has 2 aliphatic heterocycles. The Morgan fingerprint density at radius 2 is 1.11 bits per heavy atom. The van der Waals surface area contributed by atoms with Crippen molar-refractivity contribution in [2.24, 2.45) is 22.9 Å². The monoisotopic (exact) mass is 1780 g/mol. The number of ketones is 4. The van der Waals surface area contributed by atoms with Crippen LogP contribution in [0, 0.1) is 24.7 Å². The lowest BCUT2D eigenvalue weighted by atomic mass is 9.81. The van der Waals surface area contributed by atoms with E-state index in [1.165, 1.54) is 36.1 Å². The summed E-state index contributed by atoms with van der Waals surface area (Å²) in [6.07, 6.45) is 4.88. The number of carbonyl (C=O) groups is 14. The van der Waals surface area contributed by atoms with E-state index in [1.807, 2.05) is 55.2 Å². The molecule has 3 aromatic carbocycles. The first-order valence-corrected chi connectivity index (χ1v) is 43.7. The second-order valence-corrected chi connectivity index (χ2v) is 33.3. The number of unbranched alkanes of at least 4 members (excludes halogenated alkanes) is 2. The van der Waals surface area contributed by atoms with Crippen LogP contribution in [0.25, 0.3) is 0 Å². The number of methoxy groups -OCH3 is 1. The van der Waals surface area contributed by atoms with Gasteiger partial charge in [0, 0.05) is 143 Å². The molecule has 36 heteroatoms. The number of rotatable bonds is 62. The number of nitrogens with zero attached hydrogens (tertiary/aromatic N) is 3. The van der Waals surface area contributed by atoms with Gasteiger partial charge in [-0.2, -0.15) is 13.0 Å². The van der Waals surface area contributed by atoms with Crippen molar-refractivity contribution in [3.8, 4) is 0 Å². The van der Waals surface area contributed by atoms with Crippen molar-refractivity contribution in [3.05, 3.63) is 137 Å². The number of alkyl carbamates (subject to hydrolysis) is 1. The number of amides is 5. The fourth-order valence-electron chi connectivity index (χ4n) is 14.7. The molecule has 11 N–H and O–H groups in total. The normalized spacial score (nSPS) is 15.2. The third-order valence-electron chi connectivity index (χ3n) is 21.5. The molecule has 6 atom stereocenters. The SMILES string of the molecule is CCNC(=O)COCCOCCCC(=O)[C@H](Cc1ccc(/C(C)=N/OCCNC(=O)OCCOC)cc1)NC(=O)[C@@H](CCC(=O)O)CC(=O)[C@@H](CCC(=O)O)NC(=O)[C@@H](CCC(=O)O)CC(=O)[C@@H](CCC(=O)O)NC(=O)[C@@H](CCC(=O)O)CC(=O)CCCCCN1/C(=C/C=C/C=C/C=C/C2=[N+](CC)c3ccc(C)cc3C2(C)C)C(C)(C)c2cc(S(=O)(=O)O)ccc21. The van der Waals surface area contributed by atoms with Crippen molar-refractivity contribution >= 4 is 116 Å². The van der Waals surface area contributed by atoms with Gasteiger partial charge in [-0.25, -0.2) is 4.79 Å². The molecule has 35 nitrogen and oxygen atoms in total. The van der Waals surface area contributed by atoms with Crippen LogP contribution in [-0.2, 0) is 113 Å². The highest BCUT2D eigenvalue weighted by Crippen LogP contribution is 2.49. The van der Waals surface area contributed by atoms with Crippen LogP contribution < -0.4 is 31.5 Å². The Balaban J connectivity index is 1.31. The van der Waals surface area contributed by atoms with Gasteiger partial charge in [0.2, 0.25) is 29.3 Å². The Morgan fingerprint density at radius 1 is 0.556 bits per heavy atom. The molecule has 0 aromatic heterocycles. The molecule has 690 valence electrons. The Kier molecular flexibility index (Phi) is 44.3. The average molecular weight is 1780 g/mol. The molecule has 0 unspecified atom stereocenters. The summed E-state index contributed by atoms with van der Waals surface area (Å²) in [4.78, 5) is 192. The Hall–Kier alpha value is -11.5. The van der Waals surface area contributed by atoms with E-state index in [0.717, 1.165) is 18.0 Å². The lowest BCUT2D eigenvalue weighted by molar-refractivity contribution is -0.433. The molecule has 0 aliphatic carbocycles. The van der Waals surface area contributed by atoms with Crippen molar-refractivity contribution in [1.29, 1.82) is 0 Å². The molecule has 0 saturated carbocycles. The summed E-state index contributed by atoms with van der Waals surface area (Å²) in [6, 6.07) is 12.5. The van der Waals surface area contributed by atoms with E-state index in [9.17, 15) is 106 Å². The first-order chi connectivity index (χ1) is 59.7. The number of likely N-dealkylation sites (N-methyl/N-ethyl adjacent to an activating group) is 1. The van der Waals surface area contributed by atoms with Gasteiger partial charge < -0.3 is 80.8 Å². The van der Waals surface area contributed by atoms with Crippen LogP contribution in [0.5, 0.6) is 0 Å². The summed E-state index contributed by atoms with van der Waals surface area (Å²) in [5.74, 6) is -18.4. The lowest BCUT2D eigenvalue weighted by Crippen LogP contribution is -2.49. The van der Waals surface area contributed by atoms with Crippen LogP contribution in [0.2, 0.25) is 0 Å². The molecule has 0 radical (unpaired) electrons. The van der Waals surface area contributed by atoms with Crippen molar-refractivity contribution < 1.29 is 134 Å². The number of benzene rings is 3. The maximum absolute atomic E-state index is 14.6. The Morgan fingerprint density at radius 3 is 1.67 bits per heavy atom. The van der Waals surface area contributed by atoms with Gasteiger partial charge in [0.25, 0.3) is 10.1 Å². The van der Waals surface area contributed by atoms with E-state index in [0.29, 0.717) is 54.0 Å². The number of aliphatic carboxylic acids is 5. The molecule has 2 heterocycles. The fraction of sp³-hybridized carbons (Fsp3) is 0.533. The zero-order valence-electron chi connectivity index (χ0n) is 73.2. The van der Waals surface area contributed by atoms with Crippen LogP contribution in [0.1, 0.15) is 198 Å². The molecule has 5 rings (SSSR count). The van der Waals surface area contributed by atoms with Crippen LogP contribution >= 0.6 is 0 Å². The van der Waals surface area contributed by atoms with E-state index in [-0.39, 0.29) is 101 Å². The summed E-state index contributed by atoms with van der Waals surface area (Å²) in [6.45, 7) is 17.7. The minimum Gasteiger partial charge on any atom is -0.481 e. The van der Waals surface area contributed by atoms with Crippen LogP contribution in [0.15, 0.2) is 119 Å². The summed E-state index contributed by atoms with van der Waals surface area (Å²) in [5.41, 5.74) is 7.42. The van der Waals surface area contributed by atoms with Gasteiger partial charge in [-0.3, -0.25) is 66.9 Å². The van der Waals surface area contributed by atoms with Crippen LogP contribution in [0.4, 0.5) is 16.2 Å². The van der Waals surface area contributed by atoms with Gasteiger partial charge in [-0.1, -0.05) is 91.7 Å². The number of oxime groups is 1. The number of fused-ring (bicyclic) bond motifs is 2. The summed E-state index contributed by atoms with van der Waals surface area (Å²) in [7, 11) is -3.12. The number of aryl methyl sites for hydroxylation is 1. The number of carboxylic acids is 5. The number of anilines is 1. The third-order valence-corrected chi connectivity index (χ3v) is 22.4. The first-order valence-electron chi connectivity index (χ1n) is 42.3. The molecule has 0 saturated heterocycles. The maximum Gasteiger partial charge on any atom is 0.407 e. The van der Waals surface area contributed by atoms with E-state index in [1.54, 1.807) is 44.2 Å². The van der Waals surface area contributed by atoms with Crippen LogP contribution in [-0.4, -0.2) is 235 Å². The molecular formula is C90H123N8O27S+. The number of hydrogen-bond donors (Lipinski definition) is 11. The number of carbonyl (C=O) groups excluding carboxylic acids is 9. The Bertz CT molecular complexity index is 4620. The largest absolute Gasteiger partial charge is 0.481 e. The quantitative estimate of drug-likeness (QED) is 0.00627. The van der Waals surface area contributed by atoms with Gasteiger partial charge in [-0.05, 0) is 146 Å². The zero-order valence-corrected chi connectivity index (χ0v) is 74.0. The van der Waals surface area contributed by atoms with Gasteiger partial charge in [0.1, 0.15) is 32.1 Å². The minimum atomic E-state index is -4.58. The smallest absolute Gasteiger partial charge is 0.407 e. The van der Waals surface area contributed by atoms with E-state index in [2.05, 4.69) is 88.3 Å². The second-order valence-electron chi connectivity index (χ2n) is 31.9. The predicted octanol–water partition coefficient (Wildman–Crippen LogP) is 8.93. The maximum atomic E-state index is 14.6. The standard InChI is InChI=1S/C90H122N8O27S/c1-10-91-79(103)57-123-49-48-122-45-20-22-74(100)71(52-60-26-28-61(29-27-60)59(4)96-125-46-43-92-88(117)124-50-47-121-9)95-87(116)64(32-40-82(108)109)55-76(102)70(35-42-84(112)113)94-86(115)63(31-39-81(106)107)54-75(101)69(34-41-83(110)111)93-85(114)62(30-38-80(104)105)53-65(99)21-16-15-19-44-98-73-37-33-66(126(118,119)120)56-68(73)90(7,8)78(98)24-18-14-12-13-17-23-77-89(5,6)67-51-58(3)25-36-72(67)97(77)11-2/h12-14,17-18,23-29,33,36-37,51,56,62-64,69-71H,10-11,15-16,19-22,30-32,34-35,38-50,52-55,57H2,1-9H3,(H10-,91,92,93,94,95,103,104,105,106,107,108,109,110,111,112,113,114,115,116,117,118,119,120)/p+1/b96-59+/t62-,63-,64-,69+,70+,71-/m0/s1. The minimum absolute atomic E-state index is 0.0175. The summed E-state index contributed by atoms with van der Waals surface area (Å²) >= 11 is 0. The summed E-state index contributed by atoms with van der Waals surface area (Å²) in [5, 5.41) is 65.8. The number of carboxylic acid groups (broad SMARTS) is 5. The van der Waals surface area contributed by atoms with E-state index >= 15 is 0 Å². The molecular weight excluding hydrogens is 1660 g/mol. The van der Waals surface area contributed by atoms with Gasteiger partial charge in [-0.15, -0.1) is 0 Å². The Labute approximate surface area is 734 Å². The highest BCUT2D eigenvalue weighted by atomic mass is 32.2. The zero-order chi connectivity index (χ0) is 93.3. The lowest BCUT2D eigenvalue weighted by Gasteiger charge is -2.27. The van der Waals surface area contributed by atoms with Crippen molar-refractivity contribution in [1.82, 2.24) is 26.6 Å².